The molecule has 2 rings (SSSR count). The van der Waals surface area contributed by atoms with Crippen molar-refractivity contribution in [3.63, 3.8) is 0 Å². The molecule has 2 heterocycles. The molecule has 106 valence electrons. The van der Waals surface area contributed by atoms with Gasteiger partial charge < -0.3 is 19.9 Å². The van der Waals surface area contributed by atoms with E-state index in [1.807, 2.05) is 0 Å². The van der Waals surface area contributed by atoms with Crippen molar-refractivity contribution >= 4 is 17.4 Å². The Morgan fingerprint density at radius 3 is 3.11 bits per heavy atom. The van der Waals surface area contributed by atoms with Crippen molar-refractivity contribution in [3.05, 3.63) is 17.0 Å². The second-order valence-electron chi connectivity index (χ2n) is 4.20. The van der Waals surface area contributed by atoms with Crippen LogP contribution in [-0.4, -0.2) is 48.0 Å². The Morgan fingerprint density at radius 2 is 2.37 bits per heavy atom. The molecule has 1 atom stereocenters. The monoisotopic (exact) mass is 287 g/mol. The third-order valence-electron chi connectivity index (χ3n) is 2.72. The van der Waals surface area contributed by atoms with E-state index in [-0.39, 0.29) is 12.7 Å². The van der Waals surface area contributed by atoms with Crippen molar-refractivity contribution in [3.8, 4) is 0 Å². The third kappa shape index (κ3) is 4.58. The minimum atomic E-state index is -0.0510. The van der Waals surface area contributed by atoms with E-state index in [4.69, 9.17) is 26.2 Å². The molecule has 0 aliphatic carbocycles. The highest BCUT2D eigenvalue weighted by Crippen LogP contribution is 2.27. The van der Waals surface area contributed by atoms with E-state index >= 15 is 0 Å². The second-order valence-corrected chi connectivity index (χ2v) is 4.59. The number of nitrogens with one attached hydrogen (secondary N) is 1. The van der Waals surface area contributed by atoms with Gasteiger partial charge in [-0.05, 0) is 12.8 Å². The molecule has 1 saturated heterocycles. The summed E-state index contributed by atoms with van der Waals surface area (Å²) in [6.45, 7) is 2.21. The van der Waals surface area contributed by atoms with E-state index in [1.165, 1.54) is 0 Å². The van der Waals surface area contributed by atoms with Gasteiger partial charge in [0.05, 0.1) is 19.8 Å². The predicted molar refractivity (Wildman–Crippen MR) is 71.4 cm³/mol. The lowest BCUT2D eigenvalue weighted by molar-refractivity contribution is 0.0990. The smallest absolute Gasteiger partial charge is 0.161 e. The summed E-state index contributed by atoms with van der Waals surface area (Å²) in [5.74, 6) is 1.29. The van der Waals surface area contributed by atoms with Crippen LogP contribution in [0.3, 0.4) is 0 Å². The molecule has 19 heavy (non-hydrogen) atoms. The maximum absolute atomic E-state index is 8.58. The number of aliphatic hydroxyl groups excluding tert-OH is 1. The average molecular weight is 288 g/mol. The highest BCUT2D eigenvalue weighted by atomic mass is 35.5. The zero-order valence-corrected chi connectivity index (χ0v) is 11.4. The van der Waals surface area contributed by atoms with Crippen molar-refractivity contribution in [2.24, 2.45) is 0 Å². The number of anilines is 1. The molecule has 1 fully saturated rings. The molecular weight excluding hydrogens is 270 g/mol. The summed E-state index contributed by atoms with van der Waals surface area (Å²) < 4.78 is 10.7. The Kier molecular flexibility index (Phi) is 5.78. The molecule has 7 heteroatoms. The van der Waals surface area contributed by atoms with Crippen LogP contribution in [0.1, 0.15) is 24.8 Å². The second kappa shape index (κ2) is 7.59. The SMILES string of the molecule is OCCOCCNc1cc(Cl)nc(C2CCCO2)n1. The van der Waals surface area contributed by atoms with E-state index < -0.39 is 0 Å². The minimum Gasteiger partial charge on any atom is -0.394 e. The average Bonchev–Trinajstić information content (AvgIpc) is 2.92. The van der Waals surface area contributed by atoms with Crippen LogP contribution in [0.2, 0.25) is 5.15 Å². The van der Waals surface area contributed by atoms with Crippen LogP contribution in [0.15, 0.2) is 6.07 Å². The van der Waals surface area contributed by atoms with Crippen LogP contribution in [0.25, 0.3) is 0 Å². The molecule has 0 spiro atoms. The summed E-state index contributed by atoms with van der Waals surface area (Å²) in [6, 6.07) is 1.67. The minimum absolute atomic E-state index is 0.0303. The summed E-state index contributed by atoms with van der Waals surface area (Å²) in [5.41, 5.74) is 0. The highest BCUT2D eigenvalue weighted by Gasteiger charge is 2.21. The molecule has 1 aromatic heterocycles. The zero-order chi connectivity index (χ0) is 13.5. The van der Waals surface area contributed by atoms with Crippen LogP contribution in [0, 0.1) is 0 Å². The number of aliphatic hydroxyl groups is 1. The molecule has 1 aliphatic heterocycles. The van der Waals surface area contributed by atoms with Crippen LogP contribution >= 0.6 is 11.6 Å². The van der Waals surface area contributed by atoms with E-state index in [2.05, 4.69) is 15.3 Å². The molecule has 0 radical (unpaired) electrons. The number of ether oxygens (including phenoxy) is 2. The van der Waals surface area contributed by atoms with Gasteiger partial charge >= 0.3 is 0 Å². The van der Waals surface area contributed by atoms with Crippen LogP contribution in [0.5, 0.6) is 0 Å². The van der Waals surface area contributed by atoms with E-state index in [0.29, 0.717) is 36.6 Å². The number of hydrogen-bond acceptors (Lipinski definition) is 6. The van der Waals surface area contributed by atoms with Gasteiger partial charge in [0.2, 0.25) is 0 Å². The Hall–Kier alpha value is -0.950. The molecule has 2 N–H and O–H groups in total. The van der Waals surface area contributed by atoms with E-state index in [1.54, 1.807) is 6.07 Å². The predicted octanol–water partition coefficient (Wildman–Crippen LogP) is 1.40. The highest BCUT2D eigenvalue weighted by molar-refractivity contribution is 6.29. The number of rotatable bonds is 7. The van der Waals surface area contributed by atoms with Gasteiger partial charge in [-0.2, -0.15) is 0 Å². The first kappa shape index (κ1) is 14.5. The first-order valence-electron chi connectivity index (χ1n) is 6.38. The fourth-order valence-corrected chi connectivity index (χ4v) is 2.06. The van der Waals surface area contributed by atoms with Gasteiger partial charge in [0.1, 0.15) is 17.1 Å². The van der Waals surface area contributed by atoms with Crippen molar-refractivity contribution in [2.75, 3.05) is 38.3 Å². The number of nitrogens with zero attached hydrogens (tertiary/aromatic N) is 2. The molecule has 0 bridgehead atoms. The van der Waals surface area contributed by atoms with E-state index in [0.717, 1.165) is 19.4 Å². The van der Waals surface area contributed by atoms with Gasteiger partial charge in [-0.1, -0.05) is 11.6 Å². The maximum atomic E-state index is 8.58. The third-order valence-corrected chi connectivity index (χ3v) is 2.91. The van der Waals surface area contributed by atoms with Gasteiger partial charge in [0.25, 0.3) is 0 Å². The number of hydrogen-bond donors (Lipinski definition) is 2. The molecule has 1 aliphatic rings. The maximum Gasteiger partial charge on any atom is 0.161 e. The normalized spacial score (nSPS) is 18.7. The Balaban J connectivity index is 1.89. The molecule has 1 unspecified atom stereocenters. The van der Waals surface area contributed by atoms with E-state index in [9.17, 15) is 0 Å². The largest absolute Gasteiger partial charge is 0.394 e. The Bertz CT molecular complexity index is 400. The summed E-state index contributed by atoms with van der Waals surface area (Å²) in [6.07, 6.45) is 1.91. The fourth-order valence-electron chi connectivity index (χ4n) is 1.87. The van der Waals surface area contributed by atoms with Gasteiger partial charge in [0, 0.05) is 19.2 Å². The summed E-state index contributed by atoms with van der Waals surface area (Å²) >= 11 is 5.98. The lowest BCUT2D eigenvalue weighted by atomic mass is 10.2. The molecule has 0 saturated carbocycles. The lowest BCUT2D eigenvalue weighted by Crippen LogP contribution is -2.13. The first-order valence-corrected chi connectivity index (χ1v) is 6.76. The quantitative estimate of drug-likeness (QED) is 0.583. The standard InChI is InChI=1S/C12H18ClN3O3/c13-10-8-11(14-3-6-18-7-4-17)16-12(15-10)9-2-1-5-19-9/h8-9,17H,1-7H2,(H,14,15,16). The van der Waals surface area contributed by atoms with Gasteiger partial charge in [-0.3, -0.25) is 0 Å². The molecule has 0 aromatic carbocycles. The number of aromatic nitrogens is 2. The van der Waals surface area contributed by atoms with Crippen molar-refractivity contribution in [1.82, 2.24) is 9.97 Å². The summed E-state index contributed by atoms with van der Waals surface area (Å²) in [4.78, 5) is 8.60. The van der Waals surface area contributed by atoms with Crippen molar-refractivity contribution < 1.29 is 14.6 Å². The van der Waals surface area contributed by atoms with Gasteiger partial charge in [-0.15, -0.1) is 0 Å². The van der Waals surface area contributed by atoms with Crippen LogP contribution in [0.4, 0.5) is 5.82 Å². The fraction of sp³-hybridized carbons (Fsp3) is 0.667. The van der Waals surface area contributed by atoms with Gasteiger partial charge in [0.15, 0.2) is 5.82 Å². The molecular formula is C12H18ClN3O3. The Morgan fingerprint density at radius 1 is 1.47 bits per heavy atom. The molecule has 6 nitrogen and oxygen atoms in total. The van der Waals surface area contributed by atoms with Crippen molar-refractivity contribution in [1.29, 1.82) is 0 Å². The van der Waals surface area contributed by atoms with Crippen molar-refractivity contribution in [2.45, 2.75) is 18.9 Å². The number of halogens is 1. The molecule has 1 aromatic rings. The van der Waals surface area contributed by atoms with Gasteiger partial charge in [-0.25, -0.2) is 9.97 Å². The summed E-state index contributed by atoms with van der Waals surface area (Å²) in [5, 5.41) is 12.1. The first-order chi connectivity index (χ1) is 9.29. The van der Waals surface area contributed by atoms with Crippen LogP contribution < -0.4 is 5.32 Å². The summed E-state index contributed by atoms with van der Waals surface area (Å²) in [7, 11) is 0. The Labute approximate surface area is 117 Å². The zero-order valence-electron chi connectivity index (χ0n) is 10.6. The molecule has 0 amide bonds. The lowest BCUT2D eigenvalue weighted by Gasteiger charge is -2.11. The topological polar surface area (TPSA) is 76.5 Å². The van der Waals surface area contributed by atoms with Crippen LogP contribution in [-0.2, 0) is 9.47 Å².